The molecule has 1 atom stereocenters. The van der Waals surface area contributed by atoms with Gasteiger partial charge in [-0.25, -0.2) is 8.42 Å². The van der Waals surface area contributed by atoms with Crippen LogP contribution in [0.4, 0.5) is 0 Å². The Balaban J connectivity index is 2.33. The topological polar surface area (TPSA) is 37.4 Å². The summed E-state index contributed by atoms with van der Waals surface area (Å²) in [5.74, 6) is 0.366. The average molecular weight is 302 g/mol. The Hall–Kier alpha value is -0.580. The SMILES string of the molecule is Cc1ccc(S(=O)(=O)N2CCCCCC2CCl)cc1. The summed E-state index contributed by atoms with van der Waals surface area (Å²) < 4.78 is 27.0. The van der Waals surface area contributed by atoms with Crippen LogP contribution in [-0.4, -0.2) is 31.2 Å². The first kappa shape index (κ1) is 14.8. The van der Waals surface area contributed by atoms with Gasteiger partial charge in [-0.15, -0.1) is 11.6 Å². The lowest BCUT2D eigenvalue weighted by Crippen LogP contribution is -2.41. The summed E-state index contributed by atoms with van der Waals surface area (Å²) in [5, 5.41) is 0. The van der Waals surface area contributed by atoms with Crippen LogP contribution >= 0.6 is 11.6 Å². The van der Waals surface area contributed by atoms with Gasteiger partial charge in [0.2, 0.25) is 10.0 Å². The Morgan fingerprint density at radius 3 is 2.53 bits per heavy atom. The molecule has 0 spiro atoms. The Bertz CT molecular complexity index is 513. The number of hydrogen-bond donors (Lipinski definition) is 0. The van der Waals surface area contributed by atoms with E-state index in [4.69, 9.17) is 11.6 Å². The van der Waals surface area contributed by atoms with Crippen LogP contribution < -0.4 is 0 Å². The van der Waals surface area contributed by atoms with E-state index < -0.39 is 10.0 Å². The van der Waals surface area contributed by atoms with Crippen LogP contribution in [0.2, 0.25) is 0 Å². The fraction of sp³-hybridized carbons (Fsp3) is 0.571. The lowest BCUT2D eigenvalue weighted by molar-refractivity contribution is 0.345. The van der Waals surface area contributed by atoms with Crippen LogP contribution in [0.3, 0.4) is 0 Å². The molecular weight excluding hydrogens is 282 g/mol. The van der Waals surface area contributed by atoms with Crippen LogP contribution in [0.15, 0.2) is 29.2 Å². The van der Waals surface area contributed by atoms with Gasteiger partial charge in [0.1, 0.15) is 0 Å². The lowest BCUT2D eigenvalue weighted by Gasteiger charge is -2.27. The van der Waals surface area contributed by atoms with Crippen molar-refractivity contribution in [2.75, 3.05) is 12.4 Å². The third-order valence-corrected chi connectivity index (χ3v) is 5.95. The lowest BCUT2D eigenvalue weighted by atomic mass is 10.1. The van der Waals surface area contributed by atoms with E-state index in [2.05, 4.69) is 0 Å². The summed E-state index contributed by atoms with van der Waals surface area (Å²) in [6, 6.07) is 6.96. The van der Waals surface area contributed by atoms with Gasteiger partial charge >= 0.3 is 0 Å². The van der Waals surface area contributed by atoms with Gasteiger partial charge in [0.05, 0.1) is 4.90 Å². The minimum atomic E-state index is -3.41. The summed E-state index contributed by atoms with van der Waals surface area (Å²) in [7, 11) is -3.41. The number of aryl methyl sites for hydroxylation is 1. The van der Waals surface area contributed by atoms with Crippen molar-refractivity contribution < 1.29 is 8.42 Å². The highest BCUT2D eigenvalue weighted by molar-refractivity contribution is 7.89. The minimum absolute atomic E-state index is 0.0736. The zero-order valence-corrected chi connectivity index (χ0v) is 12.8. The maximum absolute atomic E-state index is 12.7. The summed E-state index contributed by atoms with van der Waals surface area (Å²) in [4.78, 5) is 0.370. The Labute approximate surface area is 120 Å². The van der Waals surface area contributed by atoms with E-state index in [0.717, 1.165) is 31.2 Å². The maximum atomic E-state index is 12.7. The van der Waals surface area contributed by atoms with Gasteiger partial charge in [-0.1, -0.05) is 30.5 Å². The van der Waals surface area contributed by atoms with E-state index in [1.165, 1.54) is 0 Å². The van der Waals surface area contributed by atoms with E-state index in [0.29, 0.717) is 17.3 Å². The highest BCUT2D eigenvalue weighted by atomic mass is 35.5. The molecule has 1 unspecified atom stereocenters. The largest absolute Gasteiger partial charge is 0.243 e. The third-order valence-electron chi connectivity index (χ3n) is 3.63. The second kappa shape index (κ2) is 6.25. The zero-order chi connectivity index (χ0) is 13.9. The van der Waals surface area contributed by atoms with Crippen LogP contribution in [0, 0.1) is 6.92 Å². The highest BCUT2D eigenvalue weighted by Crippen LogP contribution is 2.25. The van der Waals surface area contributed by atoms with Gasteiger partial charge in [-0.05, 0) is 31.9 Å². The molecule has 0 bridgehead atoms. The Morgan fingerprint density at radius 1 is 1.21 bits per heavy atom. The first-order chi connectivity index (χ1) is 9.05. The van der Waals surface area contributed by atoms with Crippen molar-refractivity contribution in [1.82, 2.24) is 4.31 Å². The van der Waals surface area contributed by atoms with E-state index in [1.807, 2.05) is 19.1 Å². The van der Waals surface area contributed by atoms with E-state index in [-0.39, 0.29) is 6.04 Å². The number of alkyl halides is 1. The van der Waals surface area contributed by atoms with Gasteiger partial charge in [0.15, 0.2) is 0 Å². The van der Waals surface area contributed by atoms with Gasteiger partial charge in [-0.3, -0.25) is 0 Å². The van der Waals surface area contributed by atoms with Gasteiger partial charge in [0.25, 0.3) is 0 Å². The van der Waals surface area contributed by atoms with E-state index >= 15 is 0 Å². The van der Waals surface area contributed by atoms with Crippen LogP contribution in [0.5, 0.6) is 0 Å². The molecule has 2 rings (SSSR count). The van der Waals surface area contributed by atoms with Crippen LogP contribution in [0.1, 0.15) is 31.2 Å². The number of nitrogens with zero attached hydrogens (tertiary/aromatic N) is 1. The normalized spacial score (nSPS) is 22.1. The zero-order valence-electron chi connectivity index (χ0n) is 11.2. The molecular formula is C14H20ClNO2S. The molecule has 1 saturated heterocycles. The molecule has 1 aliphatic rings. The molecule has 1 aromatic rings. The molecule has 5 heteroatoms. The maximum Gasteiger partial charge on any atom is 0.243 e. The van der Waals surface area contributed by atoms with Crippen molar-refractivity contribution in [3.8, 4) is 0 Å². The smallest absolute Gasteiger partial charge is 0.207 e. The fourth-order valence-corrected chi connectivity index (χ4v) is 4.56. The molecule has 1 aliphatic heterocycles. The van der Waals surface area contributed by atoms with Crippen molar-refractivity contribution in [3.63, 3.8) is 0 Å². The number of benzene rings is 1. The molecule has 3 nitrogen and oxygen atoms in total. The van der Waals surface area contributed by atoms with E-state index in [9.17, 15) is 8.42 Å². The molecule has 0 saturated carbocycles. The summed E-state index contributed by atoms with van der Waals surface area (Å²) in [5.41, 5.74) is 1.06. The highest BCUT2D eigenvalue weighted by Gasteiger charge is 2.31. The van der Waals surface area contributed by atoms with Crippen LogP contribution in [-0.2, 0) is 10.0 Å². The molecule has 1 heterocycles. The fourth-order valence-electron chi connectivity index (χ4n) is 2.47. The van der Waals surface area contributed by atoms with Crippen molar-refractivity contribution in [1.29, 1.82) is 0 Å². The standard InChI is InChI=1S/C14H20ClNO2S/c1-12-6-8-14(9-7-12)19(17,18)16-10-4-2-3-5-13(16)11-15/h6-9,13H,2-5,10-11H2,1H3. The number of rotatable bonds is 3. The van der Waals surface area contributed by atoms with Crippen molar-refractivity contribution in [2.24, 2.45) is 0 Å². The summed E-state index contributed by atoms with van der Waals surface area (Å²) >= 11 is 5.96. The van der Waals surface area contributed by atoms with Crippen molar-refractivity contribution in [3.05, 3.63) is 29.8 Å². The Morgan fingerprint density at radius 2 is 1.89 bits per heavy atom. The predicted molar refractivity (Wildman–Crippen MR) is 78.0 cm³/mol. The van der Waals surface area contributed by atoms with Crippen molar-refractivity contribution in [2.45, 2.75) is 43.5 Å². The molecule has 0 aromatic heterocycles. The van der Waals surface area contributed by atoms with Gasteiger partial charge in [0, 0.05) is 18.5 Å². The Kier molecular flexibility index (Phi) is 4.87. The number of hydrogen-bond acceptors (Lipinski definition) is 2. The summed E-state index contributed by atoms with van der Waals surface area (Å²) in [6.07, 6.45) is 3.90. The predicted octanol–water partition coefficient (Wildman–Crippen LogP) is 3.17. The molecule has 0 aliphatic carbocycles. The second-order valence-corrected chi connectivity index (χ2v) is 7.29. The third kappa shape index (κ3) is 3.30. The quantitative estimate of drug-likeness (QED) is 0.804. The molecule has 0 N–H and O–H groups in total. The number of sulfonamides is 1. The van der Waals surface area contributed by atoms with Gasteiger partial charge < -0.3 is 0 Å². The van der Waals surface area contributed by atoms with Crippen LogP contribution in [0.25, 0.3) is 0 Å². The summed E-state index contributed by atoms with van der Waals surface area (Å²) in [6.45, 7) is 2.53. The molecule has 0 amide bonds. The first-order valence-corrected chi connectivity index (χ1v) is 8.67. The monoisotopic (exact) mass is 301 g/mol. The molecule has 0 radical (unpaired) electrons. The van der Waals surface area contributed by atoms with Crippen molar-refractivity contribution >= 4 is 21.6 Å². The molecule has 106 valence electrons. The molecule has 19 heavy (non-hydrogen) atoms. The average Bonchev–Trinajstić information content (AvgIpc) is 2.64. The first-order valence-electron chi connectivity index (χ1n) is 6.70. The van der Waals surface area contributed by atoms with E-state index in [1.54, 1.807) is 16.4 Å². The van der Waals surface area contributed by atoms with Gasteiger partial charge in [-0.2, -0.15) is 4.31 Å². The second-order valence-electron chi connectivity index (χ2n) is 5.09. The molecule has 1 fully saturated rings. The minimum Gasteiger partial charge on any atom is -0.207 e. The number of halogens is 1. The molecule has 1 aromatic carbocycles.